The highest BCUT2D eigenvalue weighted by atomic mass is 16.5. The summed E-state index contributed by atoms with van der Waals surface area (Å²) >= 11 is 0. The predicted molar refractivity (Wildman–Crippen MR) is 93.0 cm³/mol. The third-order valence-corrected chi connectivity index (χ3v) is 3.30. The lowest BCUT2D eigenvalue weighted by Crippen LogP contribution is -2.22. The number of hydrogen-bond acceptors (Lipinski definition) is 4. The van der Waals surface area contributed by atoms with Crippen molar-refractivity contribution in [1.29, 1.82) is 0 Å². The van der Waals surface area contributed by atoms with E-state index in [9.17, 15) is 0 Å². The molecule has 0 unspecified atom stereocenters. The average Bonchev–Trinajstić information content (AvgIpc) is 2.47. The lowest BCUT2D eigenvalue weighted by Gasteiger charge is -2.18. The number of ether oxygens (including phenoxy) is 1. The number of nitrogens with one attached hydrogen (secondary N) is 1. The lowest BCUT2D eigenvalue weighted by molar-refractivity contribution is 0.285. The molecule has 0 fully saturated rings. The van der Waals surface area contributed by atoms with Crippen molar-refractivity contribution in [1.82, 2.24) is 15.2 Å². The molecule has 1 aromatic rings. The number of hydrogen-bond donors (Lipinski definition) is 1. The van der Waals surface area contributed by atoms with Gasteiger partial charge in [-0.15, -0.1) is 0 Å². The maximum atomic E-state index is 5.65. The third kappa shape index (κ3) is 8.03. The minimum absolute atomic E-state index is 0.670. The van der Waals surface area contributed by atoms with E-state index in [-0.39, 0.29) is 0 Å². The van der Waals surface area contributed by atoms with Crippen molar-refractivity contribution >= 4 is 0 Å². The Morgan fingerprint density at radius 2 is 2.18 bits per heavy atom. The van der Waals surface area contributed by atoms with Gasteiger partial charge in [0.2, 0.25) is 5.88 Å². The van der Waals surface area contributed by atoms with E-state index < -0.39 is 0 Å². The van der Waals surface area contributed by atoms with Gasteiger partial charge in [-0.25, -0.2) is 4.98 Å². The number of aromatic nitrogens is 1. The zero-order valence-corrected chi connectivity index (χ0v) is 14.6. The van der Waals surface area contributed by atoms with Crippen molar-refractivity contribution in [3.8, 4) is 5.88 Å². The minimum atomic E-state index is 0.670. The Hall–Kier alpha value is -1.55. The zero-order valence-electron chi connectivity index (χ0n) is 14.6. The smallest absolute Gasteiger partial charge is 0.213 e. The molecule has 0 saturated heterocycles. The molecule has 4 nitrogen and oxygen atoms in total. The topological polar surface area (TPSA) is 37.4 Å². The van der Waals surface area contributed by atoms with Crippen LogP contribution in [0.4, 0.5) is 0 Å². The van der Waals surface area contributed by atoms with Crippen molar-refractivity contribution in [2.24, 2.45) is 5.92 Å². The maximum Gasteiger partial charge on any atom is 0.213 e. The number of nitrogens with zero attached hydrogens (tertiary/aromatic N) is 2. The molecule has 0 spiro atoms. The highest BCUT2D eigenvalue weighted by Crippen LogP contribution is 2.10. The van der Waals surface area contributed by atoms with Crippen molar-refractivity contribution in [3.63, 3.8) is 0 Å². The summed E-state index contributed by atoms with van der Waals surface area (Å²) in [5.74, 6) is 1.38. The molecule has 124 valence electrons. The van der Waals surface area contributed by atoms with E-state index in [1.165, 1.54) is 5.56 Å². The normalized spacial score (nSPS) is 11.0. The second-order valence-corrected chi connectivity index (χ2v) is 6.18. The quantitative estimate of drug-likeness (QED) is 0.635. The van der Waals surface area contributed by atoms with Crippen LogP contribution in [0.1, 0.15) is 39.2 Å². The van der Waals surface area contributed by atoms with Crippen LogP contribution in [-0.4, -0.2) is 36.6 Å². The van der Waals surface area contributed by atoms with Gasteiger partial charge in [0, 0.05) is 37.6 Å². The van der Waals surface area contributed by atoms with Gasteiger partial charge < -0.3 is 15.0 Å². The summed E-state index contributed by atoms with van der Waals surface area (Å²) in [5.41, 5.74) is 2.30. The zero-order chi connectivity index (χ0) is 16.4. The van der Waals surface area contributed by atoms with Gasteiger partial charge in [0.25, 0.3) is 0 Å². The second kappa shape index (κ2) is 10.2. The number of rotatable bonds is 11. The van der Waals surface area contributed by atoms with E-state index in [1.807, 2.05) is 12.3 Å². The Labute approximate surface area is 135 Å². The van der Waals surface area contributed by atoms with Gasteiger partial charge >= 0.3 is 0 Å². The second-order valence-electron chi connectivity index (χ2n) is 6.18. The van der Waals surface area contributed by atoms with E-state index in [0.29, 0.717) is 18.4 Å². The molecule has 0 bridgehead atoms. The summed E-state index contributed by atoms with van der Waals surface area (Å²) in [4.78, 5) is 6.69. The monoisotopic (exact) mass is 305 g/mol. The summed E-state index contributed by atoms with van der Waals surface area (Å²) < 4.78 is 5.65. The molecule has 22 heavy (non-hydrogen) atoms. The molecule has 0 aromatic carbocycles. The number of pyridine rings is 1. The van der Waals surface area contributed by atoms with E-state index in [4.69, 9.17) is 4.74 Å². The molecule has 0 aliphatic carbocycles. The number of allylic oxidation sites excluding steroid dienone is 1. The molecule has 1 N–H and O–H groups in total. The van der Waals surface area contributed by atoms with Gasteiger partial charge in [-0.1, -0.05) is 33.4 Å². The van der Waals surface area contributed by atoms with Crippen LogP contribution in [0.3, 0.4) is 0 Å². The third-order valence-electron chi connectivity index (χ3n) is 3.30. The molecule has 0 radical (unpaired) electrons. The van der Waals surface area contributed by atoms with Gasteiger partial charge in [0.1, 0.15) is 0 Å². The van der Waals surface area contributed by atoms with Crippen molar-refractivity contribution in [2.75, 3.05) is 26.7 Å². The summed E-state index contributed by atoms with van der Waals surface area (Å²) in [7, 11) is 2.14. The van der Waals surface area contributed by atoms with E-state index in [0.717, 1.165) is 38.2 Å². The van der Waals surface area contributed by atoms with Crippen molar-refractivity contribution in [2.45, 2.75) is 40.2 Å². The van der Waals surface area contributed by atoms with E-state index >= 15 is 0 Å². The van der Waals surface area contributed by atoms with Crippen LogP contribution in [0.15, 0.2) is 30.6 Å². The highest BCUT2D eigenvalue weighted by Gasteiger charge is 2.04. The molecular formula is C18H31N3O. The van der Waals surface area contributed by atoms with Crippen molar-refractivity contribution < 1.29 is 4.74 Å². The molecule has 1 heterocycles. The molecule has 0 aliphatic heterocycles. The first-order valence-electron chi connectivity index (χ1n) is 8.19. The standard InChI is InChI=1S/C18H31N3O/c1-6-16(4)19-10-7-11-22-18-9-8-17(12-20-18)14-21(5)13-15(2)3/h8-9,12,15,19H,4,6-7,10-11,13-14H2,1-3,5H3. The summed E-state index contributed by atoms with van der Waals surface area (Å²) in [5, 5.41) is 3.26. The van der Waals surface area contributed by atoms with Crippen LogP contribution in [0, 0.1) is 5.92 Å². The van der Waals surface area contributed by atoms with E-state index in [1.54, 1.807) is 0 Å². The van der Waals surface area contributed by atoms with Gasteiger partial charge in [-0.2, -0.15) is 0 Å². The fraction of sp³-hybridized carbons (Fsp3) is 0.611. The predicted octanol–water partition coefficient (Wildman–Crippen LogP) is 3.45. The Morgan fingerprint density at radius 3 is 2.77 bits per heavy atom. The first-order valence-corrected chi connectivity index (χ1v) is 8.19. The largest absolute Gasteiger partial charge is 0.478 e. The summed E-state index contributed by atoms with van der Waals surface area (Å²) in [6.45, 7) is 14.1. The molecule has 0 atom stereocenters. The van der Waals surface area contributed by atoms with Gasteiger partial charge in [-0.3, -0.25) is 0 Å². The Morgan fingerprint density at radius 1 is 1.41 bits per heavy atom. The fourth-order valence-electron chi connectivity index (χ4n) is 2.23. The van der Waals surface area contributed by atoms with Crippen LogP contribution in [0.2, 0.25) is 0 Å². The lowest BCUT2D eigenvalue weighted by atomic mass is 10.2. The molecular weight excluding hydrogens is 274 g/mol. The highest BCUT2D eigenvalue weighted by molar-refractivity contribution is 5.17. The Kier molecular flexibility index (Phi) is 8.60. The first kappa shape index (κ1) is 18.5. The summed E-state index contributed by atoms with van der Waals surface area (Å²) in [6, 6.07) is 4.05. The summed E-state index contributed by atoms with van der Waals surface area (Å²) in [6.07, 6.45) is 3.82. The van der Waals surface area contributed by atoms with Crippen LogP contribution in [-0.2, 0) is 6.54 Å². The molecule has 4 heteroatoms. The minimum Gasteiger partial charge on any atom is -0.478 e. The van der Waals surface area contributed by atoms with Crippen LogP contribution in [0.5, 0.6) is 5.88 Å². The SMILES string of the molecule is C=C(CC)NCCCOc1ccc(CN(C)CC(C)C)cn1. The average molecular weight is 305 g/mol. The fourth-order valence-corrected chi connectivity index (χ4v) is 2.23. The Bertz CT molecular complexity index is 428. The molecule has 1 rings (SSSR count). The molecule has 0 amide bonds. The maximum absolute atomic E-state index is 5.65. The van der Waals surface area contributed by atoms with Gasteiger partial charge in [-0.05, 0) is 31.4 Å². The van der Waals surface area contributed by atoms with E-state index in [2.05, 4.69) is 55.7 Å². The first-order chi connectivity index (χ1) is 10.5. The Balaban J connectivity index is 2.25. The van der Waals surface area contributed by atoms with Crippen molar-refractivity contribution in [3.05, 3.63) is 36.2 Å². The van der Waals surface area contributed by atoms with Gasteiger partial charge in [0.15, 0.2) is 0 Å². The molecule has 0 aliphatic rings. The molecule has 1 aromatic heterocycles. The van der Waals surface area contributed by atoms with Crippen LogP contribution in [0.25, 0.3) is 0 Å². The van der Waals surface area contributed by atoms with Crippen LogP contribution >= 0.6 is 0 Å². The van der Waals surface area contributed by atoms with Crippen LogP contribution < -0.4 is 10.1 Å². The molecule has 0 saturated carbocycles. The van der Waals surface area contributed by atoms with Gasteiger partial charge in [0.05, 0.1) is 6.61 Å².